The van der Waals surface area contributed by atoms with Gasteiger partial charge >= 0.3 is 0 Å². The number of rotatable bonds is 4. The Hall–Kier alpha value is -0.0800. The van der Waals surface area contributed by atoms with Gasteiger partial charge in [-0.1, -0.05) is 34.6 Å². The van der Waals surface area contributed by atoms with E-state index in [1.54, 1.807) is 0 Å². The zero-order valence-corrected chi connectivity index (χ0v) is 16.7. The summed E-state index contributed by atoms with van der Waals surface area (Å²) in [5.41, 5.74) is 1.09. The van der Waals surface area contributed by atoms with Crippen molar-refractivity contribution in [2.45, 2.75) is 80.3 Å². The molecule has 0 saturated carbocycles. The second-order valence-electron chi connectivity index (χ2n) is 10.3. The van der Waals surface area contributed by atoms with Gasteiger partial charge in [0.25, 0.3) is 0 Å². The third kappa shape index (κ3) is 3.11. The molecular formula is C20H40N2. The maximum Gasteiger partial charge on any atom is 0.0207 e. The van der Waals surface area contributed by atoms with Gasteiger partial charge in [0.2, 0.25) is 0 Å². The molecule has 2 heteroatoms. The minimum Gasteiger partial charge on any atom is -0.300 e. The van der Waals surface area contributed by atoms with Crippen molar-refractivity contribution >= 4 is 0 Å². The fourth-order valence-corrected chi connectivity index (χ4v) is 4.27. The normalized spacial score (nSPS) is 26.7. The van der Waals surface area contributed by atoms with Crippen molar-refractivity contribution in [3.05, 3.63) is 0 Å². The molecule has 0 bridgehead atoms. The standard InChI is InChI=1S/C20H40N2/c1-15(2)21-12-17(13-21)19(6,7)20(8,9)22-11-10-16(14-22)18(3,4)5/h15-17H,10-14H2,1-9H3. The molecule has 1 atom stereocenters. The van der Waals surface area contributed by atoms with E-state index in [0.717, 1.165) is 11.8 Å². The molecule has 0 amide bonds. The Labute approximate surface area is 139 Å². The Morgan fingerprint density at radius 1 is 0.818 bits per heavy atom. The fourth-order valence-electron chi connectivity index (χ4n) is 4.27. The lowest BCUT2D eigenvalue weighted by Gasteiger charge is -2.58. The minimum absolute atomic E-state index is 0.279. The Balaban J connectivity index is 2.04. The van der Waals surface area contributed by atoms with Gasteiger partial charge in [-0.2, -0.15) is 0 Å². The molecular weight excluding hydrogens is 268 g/mol. The van der Waals surface area contributed by atoms with Crippen LogP contribution in [0, 0.1) is 22.7 Å². The number of hydrogen-bond donors (Lipinski definition) is 0. The zero-order chi connectivity index (χ0) is 16.9. The van der Waals surface area contributed by atoms with Crippen LogP contribution in [0.5, 0.6) is 0 Å². The predicted molar refractivity (Wildman–Crippen MR) is 97.2 cm³/mol. The fraction of sp³-hybridized carbons (Fsp3) is 1.00. The summed E-state index contributed by atoms with van der Waals surface area (Å²) in [5.74, 6) is 1.68. The van der Waals surface area contributed by atoms with Gasteiger partial charge in [0.1, 0.15) is 0 Å². The Morgan fingerprint density at radius 3 is 1.77 bits per heavy atom. The molecule has 2 nitrogen and oxygen atoms in total. The lowest BCUT2D eigenvalue weighted by atomic mass is 9.62. The highest BCUT2D eigenvalue weighted by Gasteiger charge is 2.52. The maximum atomic E-state index is 2.79. The first kappa shape index (κ1) is 18.3. The summed E-state index contributed by atoms with van der Waals surface area (Å²) in [5, 5.41) is 0. The summed E-state index contributed by atoms with van der Waals surface area (Å²) in [4.78, 5) is 5.41. The highest BCUT2D eigenvalue weighted by Crippen LogP contribution is 2.48. The summed E-state index contributed by atoms with van der Waals surface area (Å²) in [6.45, 7) is 27.0. The van der Waals surface area contributed by atoms with Gasteiger partial charge in [-0.3, -0.25) is 4.90 Å². The van der Waals surface area contributed by atoms with Crippen LogP contribution in [0.4, 0.5) is 0 Å². The van der Waals surface area contributed by atoms with Crippen molar-refractivity contribution in [3.8, 4) is 0 Å². The highest BCUT2D eigenvalue weighted by molar-refractivity contribution is 5.05. The van der Waals surface area contributed by atoms with Crippen molar-refractivity contribution in [1.29, 1.82) is 0 Å². The smallest absolute Gasteiger partial charge is 0.0207 e. The van der Waals surface area contributed by atoms with Gasteiger partial charge in [0.15, 0.2) is 0 Å². The molecule has 0 aliphatic carbocycles. The van der Waals surface area contributed by atoms with E-state index < -0.39 is 0 Å². The van der Waals surface area contributed by atoms with Crippen molar-refractivity contribution in [2.75, 3.05) is 26.2 Å². The third-order valence-corrected chi connectivity index (χ3v) is 7.44. The molecule has 2 rings (SSSR count). The quantitative estimate of drug-likeness (QED) is 0.754. The van der Waals surface area contributed by atoms with E-state index in [2.05, 4.69) is 72.1 Å². The molecule has 2 saturated heterocycles. The first-order valence-electron chi connectivity index (χ1n) is 9.36. The molecule has 130 valence electrons. The van der Waals surface area contributed by atoms with E-state index >= 15 is 0 Å². The molecule has 0 N–H and O–H groups in total. The molecule has 0 radical (unpaired) electrons. The molecule has 2 aliphatic rings. The first-order chi connectivity index (χ1) is 9.87. The second-order valence-corrected chi connectivity index (χ2v) is 10.3. The van der Waals surface area contributed by atoms with Crippen LogP contribution in [0.3, 0.4) is 0 Å². The van der Waals surface area contributed by atoms with Crippen LogP contribution in [-0.2, 0) is 0 Å². The van der Waals surface area contributed by atoms with Gasteiger partial charge in [-0.15, -0.1) is 0 Å². The van der Waals surface area contributed by atoms with Crippen molar-refractivity contribution in [3.63, 3.8) is 0 Å². The van der Waals surface area contributed by atoms with E-state index in [-0.39, 0.29) is 5.54 Å². The Kier molecular flexibility index (Phi) is 4.79. The summed E-state index contributed by atoms with van der Waals surface area (Å²) in [6, 6.07) is 0.701. The van der Waals surface area contributed by atoms with E-state index in [1.807, 2.05) is 0 Å². The summed E-state index contributed by atoms with van der Waals surface area (Å²) in [7, 11) is 0. The van der Waals surface area contributed by atoms with Crippen LogP contribution in [0.25, 0.3) is 0 Å². The molecule has 2 heterocycles. The molecule has 0 aromatic heterocycles. The average Bonchev–Trinajstić information content (AvgIpc) is 2.74. The molecule has 0 aromatic carbocycles. The zero-order valence-electron chi connectivity index (χ0n) is 16.7. The largest absolute Gasteiger partial charge is 0.300 e. The monoisotopic (exact) mass is 308 g/mol. The minimum atomic E-state index is 0.279. The van der Waals surface area contributed by atoms with Crippen molar-refractivity contribution in [2.24, 2.45) is 22.7 Å². The van der Waals surface area contributed by atoms with Crippen molar-refractivity contribution < 1.29 is 0 Å². The van der Waals surface area contributed by atoms with Gasteiger partial charge in [-0.05, 0) is 63.3 Å². The number of hydrogen-bond acceptors (Lipinski definition) is 2. The van der Waals surface area contributed by atoms with E-state index in [0.29, 0.717) is 16.9 Å². The molecule has 2 fully saturated rings. The lowest BCUT2D eigenvalue weighted by molar-refractivity contribution is -0.0842. The van der Waals surface area contributed by atoms with Gasteiger partial charge in [0, 0.05) is 31.2 Å². The van der Waals surface area contributed by atoms with Gasteiger partial charge in [-0.25, -0.2) is 0 Å². The van der Waals surface area contributed by atoms with Crippen LogP contribution in [0.15, 0.2) is 0 Å². The van der Waals surface area contributed by atoms with Gasteiger partial charge < -0.3 is 4.90 Å². The average molecular weight is 309 g/mol. The summed E-state index contributed by atoms with van der Waals surface area (Å²) >= 11 is 0. The van der Waals surface area contributed by atoms with Crippen LogP contribution in [-0.4, -0.2) is 47.6 Å². The Morgan fingerprint density at radius 2 is 1.36 bits per heavy atom. The van der Waals surface area contributed by atoms with Gasteiger partial charge in [0.05, 0.1) is 0 Å². The molecule has 2 aliphatic heterocycles. The van der Waals surface area contributed by atoms with Crippen LogP contribution >= 0.6 is 0 Å². The van der Waals surface area contributed by atoms with E-state index in [4.69, 9.17) is 0 Å². The third-order valence-electron chi connectivity index (χ3n) is 7.44. The van der Waals surface area contributed by atoms with Crippen molar-refractivity contribution in [1.82, 2.24) is 9.80 Å². The van der Waals surface area contributed by atoms with E-state index in [9.17, 15) is 0 Å². The van der Waals surface area contributed by atoms with E-state index in [1.165, 1.54) is 32.6 Å². The highest BCUT2D eigenvalue weighted by atomic mass is 15.3. The molecule has 0 aromatic rings. The van der Waals surface area contributed by atoms with Crippen LogP contribution in [0.2, 0.25) is 0 Å². The maximum absolute atomic E-state index is 2.79. The SMILES string of the molecule is CC(C)N1CC(C(C)(C)C(C)(C)N2CCC(C(C)(C)C)C2)C1. The van der Waals surface area contributed by atoms with Crippen LogP contribution < -0.4 is 0 Å². The first-order valence-corrected chi connectivity index (χ1v) is 9.36. The lowest BCUT2D eigenvalue weighted by Crippen LogP contribution is -2.64. The Bertz CT molecular complexity index is 383. The topological polar surface area (TPSA) is 6.48 Å². The number of nitrogens with zero attached hydrogens (tertiary/aromatic N) is 2. The summed E-state index contributed by atoms with van der Waals surface area (Å²) < 4.78 is 0. The second kappa shape index (κ2) is 5.77. The molecule has 22 heavy (non-hydrogen) atoms. The van der Waals surface area contributed by atoms with Crippen LogP contribution in [0.1, 0.15) is 68.7 Å². The molecule has 0 spiro atoms. The predicted octanol–water partition coefficient (Wildman–Crippen LogP) is 4.50. The summed E-state index contributed by atoms with van der Waals surface area (Å²) in [6.07, 6.45) is 1.37. The number of likely N-dealkylation sites (tertiary alicyclic amines) is 2. The molecule has 1 unspecified atom stereocenters.